The lowest BCUT2D eigenvalue weighted by Gasteiger charge is -2.29. The zero-order chi connectivity index (χ0) is 9.45. The summed E-state index contributed by atoms with van der Waals surface area (Å²) in [5.74, 6) is 1.19. The predicted octanol–water partition coefficient (Wildman–Crippen LogP) is 3.00. The first-order chi connectivity index (χ1) is 5.74. The molecule has 74 valence electrons. The molecule has 0 radical (unpaired) electrons. The van der Waals surface area contributed by atoms with Crippen molar-refractivity contribution in [2.45, 2.75) is 38.6 Å². The molecule has 0 rings (SSSR count). The van der Waals surface area contributed by atoms with Crippen molar-refractivity contribution >= 4 is 23.2 Å². The standard InChI is InChI=1S/C9H19Cl2N/c1-3-5-6-12-9(4-2,7-10)8-11/h12H,3-8H2,1-2H3. The third-order valence-corrected chi connectivity index (χ3v) is 3.24. The van der Waals surface area contributed by atoms with Crippen molar-refractivity contribution in [3.63, 3.8) is 0 Å². The Morgan fingerprint density at radius 1 is 1.17 bits per heavy atom. The van der Waals surface area contributed by atoms with Crippen LogP contribution in [0.5, 0.6) is 0 Å². The van der Waals surface area contributed by atoms with Gasteiger partial charge in [-0.05, 0) is 19.4 Å². The summed E-state index contributed by atoms with van der Waals surface area (Å²) in [6.45, 7) is 5.31. The van der Waals surface area contributed by atoms with Crippen LogP contribution in [0.3, 0.4) is 0 Å². The topological polar surface area (TPSA) is 12.0 Å². The highest BCUT2D eigenvalue weighted by molar-refractivity contribution is 6.22. The summed E-state index contributed by atoms with van der Waals surface area (Å²) in [5.41, 5.74) is -0.0434. The first kappa shape index (κ1) is 12.5. The van der Waals surface area contributed by atoms with Crippen LogP contribution >= 0.6 is 23.2 Å². The Morgan fingerprint density at radius 3 is 2.08 bits per heavy atom. The number of rotatable bonds is 7. The van der Waals surface area contributed by atoms with E-state index < -0.39 is 0 Å². The molecule has 0 aromatic carbocycles. The van der Waals surface area contributed by atoms with E-state index in [1.807, 2.05) is 0 Å². The van der Waals surface area contributed by atoms with Gasteiger partial charge in [-0.15, -0.1) is 23.2 Å². The van der Waals surface area contributed by atoms with Crippen molar-refractivity contribution in [1.82, 2.24) is 5.32 Å². The molecule has 0 aliphatic carbocycles. The van der Waals surface area contributed by atoms with E-state index in [-0.39, 0.29) is 5.54 Å². The molecule has 0 aromatic heterocycles. The van der Waals surface area contributed by atoms with Crippen LogP contribution in [0, 0.1) is 0 Å². The molecule has 0 saturated heterocycles. The van der Waals surface area contributed by atoms with Crippen LogP contribution in [0.4, 0.5) is 0 Å². The van der Waals surface area contributed by atoms with Crippen molar-refractivity contribution < 1.29 is 0 Å². The SMILES string of the molecule is CCCCNC(CC)(CCl)CCl. The van der Waals surface area contributed by atoms with Crippen LogP contribution in [-0.4, -0.2) is 23.8 Å². The van der Waals surface area contributed by atoms with Crippen molar-refractivity contribution in [3.05, 3.63) is 0 Å². The number of halogens is 2. The Kier molecular flexibility index (Phi) is 7.31. The molecular weight excluding hydrogens is 193 g/mol. The van der Waals surface area contributed by atoms with E-state index in [9.17, 15) is 0 Å². The molecule has 1 N–H and O–H groups in total. The van der Waals surface area contributed by atoms with Crippen LogP contribution in [0.1, 0.15) is 33.1 Å². The Balaban J connectivity index is 3.76. The van der Waals surface area contributed by atoms with Gasteiger partial charge in [0.05, 0.1) is 0 Å². The second-order valence-electron chi connectivity index (χ2n) is 3.18. The van der Waals surface area contributed by atoms with Gasteiger partial charge in [-0.3, -0.25) is 0 Å². The Morgan fingerprint density at radius 2 is 1.75 bits per heavy atom. The second kappa shape index (κ2) is 6.99. The summed E-state index contributed by atoms with van der Waals surface area (Å²) in [6, 6.07) is 0. The Bertz CT molecular complexity index is 94.4. The molecule has 0 amide bonds. The molecule has 3 heteroatoms. The summed E-state index contributed by atoms with van der Waals surface area (Å²) in [7, 11) is 0. The summed E-state index contributed by atoms with van der Waals surface area (Å²) >= 11 is 11.7. The molecule has 0 fully saturated rings. The van der Waals surface area contributed by atoms with Gasteiger partial charge in [-0.1, -0.05) is 20.3 Å². The summed E-state index contributed by atoms with van der Waals surface area (Å²) in [5, 5.41) is 3.42. The molecule has 0 spiro atoms. The molecule has 0 unspecified atom stereocenters. The monoisotopic (exact) mass is 211 g/mol. The molecule has 0 aromatic rings. The third-order valence-electron chi connectivity index (χ3n) is 2.22. The van der Waals surface area contributed by atoms with Gasteiger partial charge in [0.15, 0.2) is 0 Å². The Labute approximate surface area is 85.8 Å². The summed E-state index contributed by atoms with van der Waals surface area (Å²) in [4.78, 5) is 0. The summed E-state index contributed by atoms with van der Waals surface area (Å²) < 4.78 is 0. The highest BCUT2D eigenvalue weighted by atomic mass is 35.5. The predicted molar refractivity (Wildman–Crippen MR) is 57.4 cm³/mol. The minimum atomic E-state index is -0.0434. The van der Waals surface area contributed by atoms with Crippen molar-refractivity contribution in [2.24, 2.45) is 0 Å². The quantitative estimate of drug-likeness (QED) is 0.505. The van der Waals surface area contributed by atoms with E-state index in [1.165, 1.54) is 12.8 Å². The fourth-order valence-electron chi connectivity index (χ4n) is 0.975. The maximum Gasteiger partial charge on any atom is 0.0451 e. The van der Waals surface area contributed by atoms with Crippen LogP contribution in [0.2, 0.25) is 0 Å². The normalized spacial score (nSPS) is 12.0. The highest BCUT2D eigenvalue weighted by Crippen LogP contribution is 2.14. The lowest BCUT2D eigenvalue weighted by molar-refractivity contribution is 0.383. The Hall–Kier alpha value is 0.540. The number of hydrogen-bond acceptors (Lipinski definition) is 1. The second-order valence-corrected chi connectivity index (χ2v) is 3.72. The molecule has 0 heterocycles. The van der Waals surface area contributed by atoms with Gasteiger partial charge in [0.1, 0.15) is 0 Å². The van der Waals surface area contributed by atoms with E-state index in [0.29, 0.717) is 11.8 Å². The molecule has 0 bridgehead atoms. The highest BCUT2D eigenvalue weighted by Gasteiger charge is 2.24. The average Bonchev–Trinajstić information content (AvgIpc) is 2.14. The van der Waals surface area contributed by atoms with Gasteiger partial charge in [0, 0.05) is 17.3 Å². The molecule has 0 atom stereocenters. The molecule has 0 aliphatic rings. The van der Waals surface area contributed by atoms with Gasteiger partial charge in [-0.2, -0.15) is 0 Å². The lowest BCUT2D eigenvalue weighted by atomic mass is 10.0. The molecule has 12 heavy (non-hydrogen) atoms. The zero-order valence-electron chi connectivity index (χ0n) is 8.00. The number of unbranched alkanes of at least 4 members (excludes halogenated alkanes) is 1. The molecule has 0 aliphatic heterocycles. The van der Waals surface area contributed by atoms with Crippen LogP contribution < -0.4 is 5.32 Å². The van der Waals surface area contributed by atoms with Crippen molar-refractivity contribution in [1.29, 1.82) is 0 Å². The lowest BCUT2D eigenvalue weighted by Crippen LogP contribution is -2.48. The van der Waals surface area contributed by atoms with Crippen molar-refractivity contribution in [2.75, 3.05) is 18.3 Å². The fourth-order valence-corrected chi connectivity index (χ4v) is 1.83. The van der Waals surface area contributed by atoms with Crippen LogP contribution in [0.25, 0.3) is 0 Å². The number of alkyl halides is 2. The van der Waals surface area contributed by atoms with Gasteiger partial charge >= 0.3 is 0 Å². The smallest absolute Gasteiger partial charge is 0.0451 e. The van der Waals surface area contributed by atoms with E-state index in [4.69, 9.17) is 23.2 Å². The first-order valence-corrected chi connectivity index (χ1v) is 5.68. The minimum absolute atomic E-state index is 0.0434. The first-order valence-electron chi connectivity index (χ1n) is 4.61. The van der Waals surface area contributed by atoms with E-state index in [1.54, 1.807) is 0 Å². The number of hydrogen-bond donors (Lipinski definition) is 1. The third kappa shape index (κ3) is 3.97. The van der Waals surface area contributed by atoms with Crippen LogP contribution in [-0.2, 0) is 0 Å². The zero-order valence-corrected chi connectivity index (χ0v) is 9.51. The summed E-state index contributed by atoms with van der Waals surface area (Å²) in [6.07, 6.45) is 3.39. The van der Waals surface area contributed by atoms with Gasteiger partial charge < -0.3 is 5.32 Å². The van der Waals surface area contributed by atoms with Crippen LogP contribution in [0.15, 0.2) is 0 Å². The molecule has 0 saturated carbocycles. The van der Waals surface area contributed by atoms with E-state index in [0.717, 1.165) is 13.0 Å². The van der Waals surface area contributed by atoms with Gasteiger partial charge in [-0.25, -0.2) is 0 Å². The minimum Gasteiger partial charge on any atom is -0.309 e. The maximum atomic E-state index is 5.86. The fraction of sp³-hybridized carbons (Fsp3) is 1.00. The van der Waals surface area contributed by atoms with Gasteiger partial charge in [0.2, 0.25) is 0 Å². The average molecular weight is 212 g/mol. The van der Waals surface area contributed by atoms with E-state index >= 15 is 0 Å². The molecule has 1 nitrogen and oxygen atoms in total. The number of nitrogens with one attached hydrogen (secondary N) is 1. The largest absolute Gasteiger partial charge is 0.309 e. The van der Waals surface area contributed by atoms with Crippen molar-refractivity contribution in [3.8, 4) is 0 Å². The van der Waals surface area contributed by atoms with E-state index in [2.05, 4.69) is 19.2 Å². The van der Waals surface area contributed by atoms with Gasteiger partial charge in [0.25, 0.3) is 0 Å². The maximum absolute atomic E-state index is 5.86. The molecular formula is C9H19Cl2N.